The third-order valence-corrected chi connectivity index (χ3v) is 5.59. The molecular weight excluding hydrogens is 401 g/mol. The Kier molecular flexibility index (Phi) is 4.75. The number of hydrogen-bond donors (Lipinski definition) is 1. The molecule has 2 atom stereocenters. The second-order valence-electron chi connectivity index (χ2n) is 7.14. The van der Waals surface area contributed by atoms with Gasteiger partial charge in [-0.3, -0.25) is 4.68 Å². The molecule has 1 unspecified atom stereocenters. The minimum atomic E-state index is -1.11. The van der Waals surface area contributed by atoms with E-state index in [1.165, 1.54) is 0 Å². The summed E-state index contributed by atoms with van der Waals surface area (Å²) in [6, 6.07) is -0.381. The van der Waals surface area contributed by atoms with Gasteiger partial charge in [0.2, 0.25) is 5.95 Å². The normalized spacial score (nSPS) is 22.0. The summed E-state index contributed by atoms with van der Waals surface area (Å²) < 4.78 is 29.3. The predicted molar refractivity (Wildman–Crippen MR) is 105 cm³/mol. The molecule has 5 heterocycles. The van der Waals surface area contributed by atoms with Gasteiger partial charge in [-0.25, -0.2) is 14.1 Å². The van der Waals surface area contributed by atoms with Gasteiger partial charge in [0, 0.05) is 25.8 Å². The quantitative estimate of drug-likeness (QED) is 0.679. The predicted octanol–water partition coefficient (Wildman–Crippen LogP) is 3.06. The fraction of sp³-hybridized carbons (Fsp3) is 0.556. The van der Waals surface area contributed by atoms with Crippen molar-refractivity contribution in [3.05, 3.63) is 17.0 Å². The Bertz CT molecular complexity index is 1050. The molecule has 0 amide bonds. The Labute approximate surface area is 171 Å². The molecule has 3 aromatic heterocycles. The van der Waals surface area contributed by atoms with E-state index in [0.717, 1.165) is 5.69 Å². The van der Waals surface area contributed by atoms with Gasteiger partial charge in [-0.1, -0.05) is 18.5 Å². The minimum Gasteiger partial charge on any atom is -0.475 e. The molecule has 9 nitrogen and oxygen atoms in total. The summed E-state index contributed by atoms with van der Waals surface area (Å²) in [4.78, 5) is 8.97. The first-order chi connectivity index (χ1) is 14.2. The lowest BCUT2D eigenvalue weighted by Gasteiger charge is -2.27. The number of nitrogens with zero attached hydrogens (tertiary/aromatic N) is 6. The molecule has 5 rings (SSSR count). The molecule has 2 aliphatic heterocycles. The van der Waals surface area contributed by atoms with Gasteiger partial charge in [0.1, 0.15) is 11.9 Å². The summed E-state index contributed by atoms with van der Waals surface area (Å²) in [7, 11) is 0. The summed E-state index contributed by atoms with van der Waals surface area (Å²) in [5.74, 6) is 0.821. The van der Waals surface area contributed by atoms with Gasteiger partial charge in [-0.15, -0.1) is 5.10 Å². The number of rotatable bonds is 2. The van der Waals surface area contributed by atoms with E-state index in [1.807, 2.05) is 6.92 Å². The van der Waals surface area contributed by atoms with Crippen LogP contribution >= 0.6 is 11.6 Å². The number of aryl methyl sites for hydroxylation is 1. The van der Waals surface area contributed by atoms with Crippen LogP contribution in [-0.2, 0) is 17.7 Å². The summed E-state index contributed by atoms with van der Waals surface area (Å²) in [6.07, 6.45) is 2.45. The van der Waals surface area contributed by atoms with E-state index in [2.05, 4.69) is 25.5 Å². The van der Waals surface area contributed by atoms with Crippen LogP contribution in [0.4, 0.5) is 16.0 Å². The van der Waals surface area contributed by atoms with Crippen LogP contribution in [-0.4, -0.2) is 55.5 Å². The number of halogens is 2. The van der Waals surface area contributed by atoms with Gasteiger partial charge in [-0.2, -0.15) is 10.1 Å². The van der Waals surface area contributed by atoms with Gasteiger partial charge >= 0.3 is 0 Å². The molecule has 2 bridgehead atoms. The first-order valence-corrected chi connectivity index (χ1v) is 10.2. The zero-order chi connectivity index (χ0) is 20.0. The summed E-state index contributed by atoms with van der Waals surface area (Å²) in [6.45, 7) is 3.63. The maximum Gasteiger partial charge on any atom is 0.257 e. The Morgan fingerprint density at radius 3 is 3.07 bits per heavy atom. The van der Waals surface area contributed by atoms with Crippen LogP contribution in [0.1, 0.15) is 31.5 Å². The molecule has 0 radical (unpaired) electrons. The maximum absolute atomic E-state index is 14.6. The standard InChI is InChI=1S/C18H21ClFN7O2/c1-2-12-14-17(25-27(12)13-4-7-28-9-11(13)20)29-6-3-5-26-16-10(15(19)24-26)8-21-18(22-14)23-16/h8,11,13H,2-7,9H2,1H3,(H,21,22,23)/t11?,13-/m1/s1. The topological polar surface area (TPSA) is 91.9 Å². The number of ether oxygens (including phenoxy) is 2. The van der Waals surface area contributed by atoms with Crippen LogP contribution in [0.5, 0.6) is 5.88 Å². The molecule has 1 N–H and O–H groups in total. The van der Waals surface area contributed by atoms with E-state index in [9.17, 15) is 4.39 Å². The van der Waals surface area contributed by atoms with Gasteiger partial charge in [-0.05, 0) is 12.8 Å². The highest BCUT2D eigenvalue weighted by atomic mass is 35.5. The Morgan fingerprint density at radius 2 is 2.24 bits per heavy atom. The maximum atomic E-state index is 14.6. The van der Waals surface area contributed by atoms with Crippen molar-refractivity contribution >= 4 is 34.3 Å². The highest BCUT2D eigenvalue weighted by Crippen LogP contribution is 2.36. The van der Waals surface area contributed by atoms with E-state index in [-0.39, 0.29) is 12.6 Å². The van der Waals surface area contributed by atoms with Crippen molar-refractivity contribution in [3.8, 4) is 5.88 Å². The highest BCUT2D eigenvalue weighted by Gasteiger charge is 2.32. The van der Waals surface area contributed by atoms with E-state index in [0.29, 0.717) is 72.7 Å². The van der Waals surface area contributed by atoms with Crippen molar-refractivity contribution in [2.24, 2.45) is 0 Å². The van der Waals surface area contributed by atoms with Crippen LogP contribution in [0.15, 0.2) is 6.20 Å². The lowest BCUT2D eigenvalue weighted by Crippen LogP contribution is -2.32. The van der Waals surface area contributed by atoms with Crippen molar-refractivity contribution in [3.63, 3.8) is 0 Å². The summed E-state index contributed by atoms with van der Waals surface area (Å²) >= 11 is 6.21. The van der Waals surface area contributed by atoms with Gasteiger partial charge in [0.25, 0.3) is 5.88 Å². The molecule has 3 aromatic rings. The fourth-order valence-corrected chi connectivity index (χ4v) is 4.11. The minimum absolute atomic E-state index is 0.0805. The summed E-state index contributed by atoms with van der Waals surface area (Å²) in [5, 5.41) is 13.3. The zero-order valence-corrected chi connectivity index (χ0v) is 16.7. The average Bonchev–Trinajstić information content (AvgIpc) is 3.22. The van der Waals surface area contributed by atoms with E-state index in [1.54, 1.807) is 15.6 Å². The first kappa shape index (κ1) is 18.6. The van der Waals surface area contributed by atoms with Crippen molar-refractivity contribution in [1.29, 1.82) is 0 Å². The largest absolute Gasteiger partial charge is 0.475 e. The third-order valence-electron chi connectivity index (χ3n) is 5.31. The van der Waals surface area contributed by atoms with Crippen LogP contribution in [0.25, 0.3) is 11.0 Å². The second kappa shape index (κ2) is 7.42. The van der Waals surface area contributed by atoms with Gasteiger partial charge < -0.3 is 14.8 Å². The SMILES string of the molecule is CCc1c2c(nn1[C@@H]1CCOCC1F)OCCCn1nc(Cl)c3cnc(nc31)N2. The Morgan fingerprint density at radius 1 is 1.34 bits per heavy atom. The summed E-state index contributed by atoms with van der Waals surface area (Å²) in [5.41, 5.74) is 2.18. The molecule has 1 saturated heterocycles. The molecule has 154 valence electrons. The second-order valence-corrected chi connectivity index (χ2v) is 7.50. The number of aromatic nitrogens is 6. The van der Waals surface area contributed by atoms with Crippen LogP contribution in [0, 0.1) is 0 Å². The molecule has 0 saturated carbocycles. The lowest BCUT2D eigenvalue weighted by molar-refractivity contribution is -0.00118. The van der Waals surface area contributed by atoms with Crippen LogP contribution < -0.4 is 10.1 Å². The van der Waals surface area contributed by atoms with Crippen molar-refractivity contribution < 1.29 is 13.9 Å². The van der Waals surface area contributed by atoms with Gasteiger partial charge in [0.15, 0.2) is 10.8 Å². The van der Waals surface area contributed by atoms with Crippen molar-refractivity contribution in [2.45, 2.75) is 44.9 Å². The average molecular weight is 422 g/mol. The molecule has 29 heavy (non-hydrogen) atoms. The van der Waals surface area contributed by atoms with Crippen LogP contribution in [0.2, 0.25) is 5.15 Å². The number of fused-ring (bicyclic) bond motifs is 2. The molecule has 1 fully saturated rings. The molecular formula is C18H21ClFN7O2. The van der Waals surface area contributed by atoms with Crippen molar-refractivity contribution in [2.75, 3.05) is 25.1 Å². The molecule has 11 heteroatoms. The molecule has 0 aromatic carbocycles. The van der Waals surface area contributed by atoms with Crippen LogP contribution in [0.3, 0.4) is 0 Å². The highest BCUT2D eigenvalue weighted by molar-refractivity contribution is 6.34. The Balaban J connectivity index is 1.60. The fourth-order valence-electron chi connectivity index (χ4n) is 3.89. The Hall–Kier alpha value is -2.46. The molecule has 0 aliphatic carbocycles. The van der Waals surface area contributed by atoms with E-state index >= 15 is 0 Å². The number of hydrogen-bond acceptors (Lipinski definition) is 7. The van der Waals surface area contributed by atoms with E-state index < -0.39 is 6.17 Å². The number of anilines is 2. The lowest BCUT2D eigenvalue weighted by atomic mass is 10.1. The molecule has 2 aliphatic rings. The zero-order valence-electron chi connectivity index (χ0n) is 15.9. The number of alkyl halides is 1. The molecule has 0 spiro atoms. The first-order valence-electron chi connectivity index (χ1n) is 9.77. The number of nitrogens with one attached hydrogen (secondary N) is 1. The van der Waals surface area contributed by atoms with E-state index in [4.69, 9.17) is 21.1 Å². The third kappa shape index (κ3) is 3.20. The monoisotopic (exact) mass is 421 g/mol. The van der Waals surface area contributed by atoms with Gasteiger partial charge in [0.05, 0.1) is 30.3 Å². The smallest absolute Gasteiger partial charge is 0.257 e. The van der Waals surface area contributed by atoms with Crippen molar-refractivity contribution in [1.82, 2.24) is 29.5 Å².